The van der Waals surface area contributed by atoms with E-state index in [0.717, 1.165) is 17.8 Å². The van der Waals surface area contributed by atoms with Crippen LogP contribution >= 0.6 is 0 Å². The third-order valence-electron chi connectivity index (χ3n) is 2.38. The summed E-state index contributed by atoms with van der Waals surface area (Å²) in [4.78, 5) is 2.06. The maximum atomic E-state index is 9.42. The van der Waals surface area contributed by atoms with Crippen LogP contribution < -0.4 is 10.2 Å². The van der Waals surface area contributed by atoms with Crippen LogP contribution in [0.5, 0.6) is 0 Å². The molecule has 0 aliphatic rings. The first kappa shape index (κ1) is 11.9. The van der Waals surface area contributed by atoms with E-state index in [2.05, 4.69) is 22.3 Å². The van der Waals surface area contributed by atoms with Gasteiger partial charge in [0, 0.05) is 32.0 Å². The Labute approximate surface area is 91.7 Å². The molecule has 0 heterocycles. The summed E-state index contributed by atoms with van der Waals surface area (Å²) >= 11 is 0. The Morgan fingerprint density at radius 2 is 2.13 bits per heavy atom. The molecular weight excluding hydrogens is 188 g/mol. The third-order valence-corrected chi connectivity index (χ3v) is 2.38. The van der Waals surface area contributed by atoms with Crippen molar-refractivity contribution in [2.45, 2.75) is 19.4 Å². The summed E-state index contributed by atoms with van der Waals surface area (Å²) in [5.41, 5.74) is 2.21. The van der Waals surface area contributed by atoms with Crippen LogP contribution in [0.3, 0.4) is 0 Å². The summed E-state index contributed by atoms with van der Waals surface area (Å²) in [6.45, 7) is 2.58. The molecule has 84 valence electrons. The van der Waals surface area contributed by atoms with E-state index in [0.29, 0.717) is 6.54 Å². The van der Waals surface area contributed by atoms with E-state index in [1.165, 1.54) is 0 Å². The Morgan fingerprint density at radius 3 is 2.73 bits per heavy atom. The first-order chi connectivity index (χ1) is 7.13. The molecule has 0 aliphatic carbocycles. The zero-order chi connectivity index (χ0) is 11.3. The van der Waals surface area contributed by atoms with Crippen molar-refractivity contribution in [1.82, 2.24) is 0 Å². The Hall–Kier alpha value is -1.22. The molecule has 0 fully saturated rings. The maximum Gasteiger partial charge on any atom is 0.0709 e. The summed E-state index contributed by atoms with van der Waals surface area (Å²) in [6.07, 6.45) is 0.508. The van der Waals surface area contributed by atoms with Gasteiger partial charge in [-0.05, 0) is 24.6 Å². The van der Waals surface area contributed by atoms with E-state index < -0.39 is 0 Å². The third kappa shape index (κ3) is 3.80. The number of aliphatic hydroxyl groups excluding tert-OH is 1. The lowest BCUT2D eigenvalue weighted by molar-refractivity contribution is 0.183. The van der Waals surface area contributed by atoms with E-state index in [-0.39, 0.29) is 6.10 Å². The average molecular weight is 208 g/mol. The fraction of sp³-hybridized carbons (Fsp3) is 0.500. The van der Waals surface area contributed by atoms with E-state index in [9.17, 15) is 5.11 Å². The lowest BCUT2D eigenvalue weighted by atomic mass is 10.2. The molecule has 0 amide bonds. The molecule has 3 nitrogen and oxygen atoms in total. The predicted molar refractivity (Wildman–Crippen MR) is 65.6 cm³/mol. The van der Waals surface area contributed by atoms with Gasteiger partial charge in [0.2, 0.25) is 0 Å². The largest absolute Gasteiger partial charge is 0.391 e. The molecule has 0 aliphatic heterocycles. The Balaban J connectivity index is 2.58. The van der Waals surface area contributed by atoms with Gasteiger partial charge in [0.05, 0.1) is 6.10 Å². The first-order valence-electron chi connectivity index (χ1n) is 5.32. The van der Waals surface area contributed by atoms with Gasteiger partial charge in [-0.2, -0.15) is 0 Å². The van der Waals surface area contributed by atoms with Crippen LogP contribution in [-0.2, 0) is 0 Å². The first-order valence-corrected chi connectivity index (χ1v) is 5.32. The molecule has 1 atom stereocenters. The van der Waals surface area contributed by atoms with Gasteiger partial charge in [0.15, 0.2) is 0 Å². The van der Waals surface area contributed by atoms with Crippen LogP contribution in [0.2, 0.25) is 0 Å². The fourth-order valence-corrected chi connectivity index (χ4v) is 1.27. The topological polar surface area (TPSA) is 35.5 Å². The van der Waals surface area contributed by atoms with Crippen LogP contribution in [0.1, 0.15) is 13.3 Å². The van der Waals surface area contributed by atoms with Crippen LogP contribution in [-0.4, -0.2) is 31.9 Å². The molecule has 1 aromatic carbocycles. The molecule has 0 saturated carbocycles. The number of benzene rings is 1. The smallest absolute Gasteiger partial charge is 0.0709 e. The van der Waals surface area contributed by atoms with Gasteiger partial charge < -0.3 is 15.3 Å². The number of rotatable bonds is 5. The highest BCUT2D eigenvalue weighted by molar-refractivity contribution is 5.57. The van der Waals surface area contributed by atoms with E-state index >= 15 is 0 Å². The van der Waals surface area contributed by atoms with Gasteiger partial charge in [-0.15, -0.1) is 0 Å². The minimum Gasteiger partial charge on any atom is -0.391 e. The molecule has 0 saturated heterocycles. The Kier molecular flexibility index (Phi) is 4.43. The quantitative estimate of drug-likeness (QED) is 0.776. The highest BCUT2D eigenvalue weighted by atomic mass is 16.3. The number of hydrogen-bond donors (Lipinski definition) is 2. The summed E-state index contributed by atoms with van der Waals surface area (Å²) in [5.74, 6) is 0. The van der Waals surface area contributed by atoms with Crippen molar-refractivity contribution in [3.63, 3.8) is 0 Å². The summed E-state index contributed by atoms with van der Waals surface area (Å²) in [7, 11) is 4.03. The van der Waals surface area contributed by atoms with Crippen LogP contribution in [0.25, 0.3) is 0 Å². The van der Waals surface area contributed by atoms with E-state index in [4.69, 9.17) is 0 Å². The molecule has 1 aromatic rings. The number of anilines is 2. The van der Waals surface area contributed by atoms with Gasteiger partial charge in [-0.1, -0.05) is 13.0 Å². The van der Waals surface area contributed by atoms with Crippen LogP contribution in [0.4, 0.5) is 11.4 Å². The molecule has 0 bridgehead atoms. The zero-order valence-electron chi connectivity index (χ0n) is 9.70. The van der Waals surface area contributed by atoms with Crippen molar-refractivity contribution in [1.29, 1.82) is 0 Å². The Morgan fingerprint density at radius 1 is 1.40 bits per heavy atom. The standard InChI is InChI=1S/C12H20N2O/c1-4-12(15)9-13-10-6-5-7-11(8-10)14(2)3/h5-8,12-13,15H,4,9H2,1-3H3. The summed E-state index contributed by atoms with van der Waals surface area (Å²) in [5, 5.41) is 12.6. The van der Waals surface area contributed by atoms with Crippen molar-refractivity contribution in [2.24, 2.45) is 0 Å². The molecule has 0 radical (unpaired) electrons. The van der Waals surface area contributed by atoms with Gasteiger partial charge in [-0.3, -0.25) is 0 Å². The van der Waals surface area contributed by atoms with Gasteiger partial charge in [-0.25, -0.2) is 0 Å². The SMILES string of the molecule is CCC(O)CNc1cccc(N(C)C)c1. The number of nitrogens with zero attached hydrogens (tertiary/aromatic N) is 1. The molecule has 15 heavy (non-hydrogen) atoms. The highest BCUT2D eigenvalue weighted by Crippen LogP contribution is 2.17. The Bertz CT molecular complexity index is 299. The molecule has 0 spiro atoms. The molecular formula is C12H20N2O. The maximum absolute atomic E-state index is 9.42. The minimum atomic E-state index is -0.270. The second kappa shape index (κ2) is 5.61. The predicted octanol–water partition coefficient (Wildman–Crippen LogP) is 1.94. The van der Waals surface area contributed by atoms with Gasteiger partial charge in [0.1, 0.15) is 0 Å². The lowest BCUT2D eigenvalue weighted by Gasteiger charge is -2.15. The lowest BCUT2D eigenvalue weighted by Crippen LogP contribution is -2.18. The summed E-state index contributed by atoms with van der Waals surface area (Å²) in [6, 6.07) is 8.15. The number of hydrogen-bond acceptors (Lipinski definition) is 3. The van der Waals surface area contributed by atoms with Crippen LogP contribution in [0.15, 0.2) is 24.3 Å². The van der Waals surface area contributed by atoms with E-state index in [1.54, 1.807) is 0 Å². The zero-order valence-corrected chi connectivity index (χ0v) is 9.70. The minimum absolute atomic E-state index is 0.270. The molecule has 1 unspecified atom stereocenters. The van der Waals surface area contributed by atoms with Gasteiger partial charge >= 0.3 is 0 Å². The molecule has 1 rings (SSSR count). The highest BCUT2D eigenvalue weighted by Gasteiger charge is 2.01. The molecule has 0 aromatic heterocycles. The second-order valence-corrected chi connectivity index (χ2v) is 3.89. The van der Waals surface area contributed by atoms with Crippen molar-refractivity contribution in [2.75, 3.05) is 30.9 Å². The summed E-state index contributed by atoms with van der Waals surface area (Å²) < 4.78 is 0. The average Bonchev–Trinajstić information content (AvgIpc) is 2.26. The fourth-order valence-electron chi connectivity index (χ4n) is 1.27. The van der Waals surface area contributed by atoms with Crippen LogP contribution in [0, 0.1) is 0 Å². The van der Waals surface area contributed by atoms with Crippen molar-refractivity contribution in [3.05, 3.63) is 24.3 Å². The van der Waals surface area contributed by atoms with Crippen molar-refractivity contribution >= 4 is 11.4 Å². The van der Waals surface area contributed by atoms with Gasteiger partial charge in [0.25, 0.3) is 0 Å². The molecule has 2 N–H and O–H groups in total. The number of aliphatic hydroxyl groups is 1. The van der Waals surface area contributed by atoms with Crippen molar-refractivity contribution in [3.8, 4) is 0 Å². The molecule has 3 heteroatoms. The van der Waals surface area contributed by atoms with E-state index in [1.807, 2.05) is 33.2 Å². The number of nitrogens with one attached hydrogen (secondary N) is 1. The monoisotopic (exact) mass is 208 g/mol. The second-order valence-electron chi connectivity index (χ2n) is 3.89. The van der Waals surface area contributed by atoms with Crippen molar-refractivity contribution < 1.29 is 5.11 Å². The normalized spacial score (nSPS) is 12.3.